The molecule has 0 aliphatic carbocycles. The molecule has 0 spiro atoms. The van der Waals surface area contributed by atoms with Crippen molar-refractivity contribution in [1.82, 2.24) is 0 Å². The zero-order chi connectivity index (χ0) is 51.0. The van der Waals surface area contributed by atoms with Crippen LogP contribution < -0.4 is 0 Å². The Morgan fingerprint density at radius 3 is 1.41 bits per heavy atom. The molecule has 2 saturated heterocycles. The second-order valence-corrected chi connectivity index (χ2v) is 19.0. The van der Waals surface area contributed by atoms with E-state index in [-0.39, 0.29) is 19.4 Å². The maximum Gasteiger partial charge on any atom is 0.306 e. The predicted molar refractivity (Wildman–Crippen MR) is 270 cm³/mol. The van der Waals surface area contributed by atoms with E-state index in [4.69, 9.17) is 28.4 Å². The van der Waals surface area contributed by atoms with Gasteiger partial charge < -0.3 is 64.2 Å². The average Bonchev–Trinajstić information content (AvgIpc) is 3.35. The summed E-state index contributed by atoms with van der Waals surface area (Å²) in [5.74, 6) is -0.971. The monoisotopic (exact) mass is 997 g/mol. The van der Waals surface area contributed by atoms with Crippen LogP contribution in [-0.2, 0) is 38.0 Å². The van der Waals surface area contributed by atoms with Crippen molar-refractivity contribution < 1.29 is 73.8 Å². The summed E-state index contributed by atoms with van der Waals surface area (Å²) in [6, 6.07) is 0. The summed E-state index contributed by atoms with van der Waals surface area (Å²) in [6.45, 7) is 2.52. The highest BCUT2D eigenvalue weighted by molar-refractivity contribution is 5.70. The van der Waals surface area contributed by atoms with Gasteiger partial charge in [0, 0.05) is 12.8 Å². The first-order valence-corrected chi connectivity index (χ1v) is 27.2. The van der Waals surface area contributed by atoms with Crippen LogP contribution in [0, 0.1) is 0 Å². The van der Waals surface area contributed by atoms with E-state index < -0.39 is 99.3 Å². The topological polar surface area (TPSA) is 231 Å². The molecule has 2 aliphatic heterocycles. The molecule has 11 atom stereocenters. The van der Waals surface area contributed by atoms with Crippen LogP contribution in [0.5, 0.6) is 0 Å². The van der Waals surface area contributed by atoms with Crippen molar-refractivity contribution >= 4 is 11.9 Å². The van der Waals surface area contributed by atoms with Gasteiger partial charge in [-0.05, 0) is 77.0 Å². The van der Waals surface area contributed by atoms with Crippen molar-refractivity contribution in [2.45, 2.75) is 261 Å². The molecule has 7 N–H and O–H groups in total. The molecule has 15 nitrogen and oxygen atoms in total. The lowest BCUT2D eigenvalue weighted by Crippen LogP contribution is -2.61. The minimum atomic E-state index is -1.77. The van der Waals surface area contributed by atoms with Crippen LogP contribution in [0.2, 0.25) is 0 Å². The van der Waals surface area contributed by atoms with E-state index in [1.807, 2.05) is 0 Å². The fourth-order valence-corrected chi connectivity index (χ4v) is 8.28. The second-order valence-electron chi connectivity index (χ2n) is 19.0. The number of allylic oxidation sites excluding steroid dienone is 8. The molecule has 0 aromatic heterocycles. The average molecular weight is 997 g/mol. The molecule has 406 valence electrons. The van der Waals surface area contributed by atoms with Crippen LogP contribution in [-0.4, -0.2) is 142 Å². The lowest BCUT2D eigenvalue weighted by atomic mass is 9.98. The zero-order valence-electron chi connectivity index (χ0n) is 43.0. The van der Waals surface area contributed by atoms with Gasteiger partial charge in [-0.2, -0.15) is 0 Å². The predicted octanol–water partition coefficient (Wildman–Crippen LogP) is 8.27. The molecular formula is C55H96O15. The van der Waals surface area contributed by atoms with Crippen molar-refractivity contribution in [3.05, 3.63) is 48.6 Å². The number of unbranched alkanes of at least 4 members (excludes halogenated alkanes) is 20. The van der Waals surface area contributed by atoms with Gasteiger partial charge in [0.15, 0.2) is 18.7 Å². The molecule has 0 radical (unpaired) electrons. The smallest absolute Gasteiger partial charge is 0.306 e. The van der Waals surface area contributed by atoms with Gasteiger partial charge in [-0.25, -0.2) is 0 Å². The highest BCUT2D eigenvalue weighted by Crippen LogP contribution is 2.26. The third-order valence-electron chi connectivity index (χ3n) is 12.8. The Labute approximate surface area is 420 Å². The molecule has 2 fully saturated rings. The van der Waals surface area contributed by atoms with Crippen LogP contribution in [0.1, 0.15) is 194 Å². The maximum atomic E-state index is 13.0. The first-order valence-electron chi connectivity index (χ1n) is 27.2. The Bertz CT molecular complexity index is 1400. The Kier molecular flexibility index (Phi) is 38.0. The highest BCUT2D eigenvalue weighted by Gasteiger charge is 2.47. The molecule has 0 aromatic rings. The Balaban J connectivity index is 1.80. The van der Waals surface area contributed by atoms with Crippen LogP contribution in [0.4, 0.5) is 0 Å². The number of esters is 2. The van der Waals surface area contributed by atoms with Crippen molar-refractivity contribution in [1.29, 1.82) is 0 Å². The lowest BCUT2D eigenvalue weighted by molar-refractivity contribution is -0.332. The summed E-state index contributed by atoms with van der Waals surface area (Å²) in [6.07, 6.45) is 29.9. The zero-order valence-corrected chi connectivity index (χ0v) is 43.0. The fourth-order valence-electron chi connectivity index (χ4n) is 8.28. The summed E-state index contributed by atoms with van der Waals surface area (Å²) < 4.78 is 33.6. The minimum absolute atomic E-state index is 0.154. The summed E-state index contributed by atoms with van der Waals surface area (Å²) in [5.41, 5.74) is 0. The molecular weight excluding hydrogens is 901 g/mol. The SMILES string of the molecule is CCCCC/C=C/C/C=C/C/C=C/CCCCC(=O)OC[C@H](CO[C@H]1O[C@@H](CO[C@H]2O[C@@H](CO)[C@@H](O)C(O)C2O)[C@@H](O)C(O)C1O)OC(=O)CCCCCCCCCCC/C=C/CCCCCCCC. The number of hydrogen-bond donors (Lipinski definition) is 7. The Morgan fingerprint density at radius 2 is 0.857 bits per heavy atom. The fraction of sp³-hybridized carbons (Fsp3) is 0.818. The first kappa shape index (κ1) is 63.6. The largest absolute Gasteiger partial charge is 0.462 e. The van der Waals surface area contributed by atoms with E-state index in [0.29, 0.717) is 12.8 Å². The van der Waals surface area contributed by atoms with Crippen molar-refractivity contribution in [2.75, 3.05) is 26.4 Å². The van der Waals surface area contributed by atoms with Gasteiger partial charge >= 0.3 is 11.9 Å². The minimum Gasteiger partial charge on any atom is -0.462 e. The molecule has 2 heterocycles. The van der Waals surface area contributed by atoms with Crippen LogP contribution in [0.25, 0.3) is 0 Å². The second kappa shape index (κ2) is 41.9. The Morgan fingerprint density at radius 1 is 0.457 bits per heavy atom. The van der Waals surface area contributed by atoms with Gasteiger partial charge in [0.2, 0.25) is 0 Å². The molecule has 4 unspecified atom stereocenters. The molecule has 2 aliphatic rings. The van der Waals surface area contributed by atoms with Gasteiger partial charge in [0.05, 0.1) is 19.8 Å². The van der Waals surface area contributed by atoms with Gasteiger partial charge in [-0.15, -0.1) is 0 Å². The molecule has 2 rings (SSSR count). The summed E-state index contributed by atoms with van der Waals surface area (Å²) in [5, 5.41) is 72.2. The normalized spacial score (nSPS) is 25.7. The molecule has 70 heavy (non-hydrogen) atoms. The summed E-state index contributed by atoms with van der Waals surface area (Å²) in [7, 11) is 0. The summed E-state index contributed by atoms with van der Waals surface area (Å²) >= 11 is 0. The maximum absolute atomic E-state index is 13.0. The van der Waals surface area contributed by atoms with Crippen molar-refractivity contribution in [2.24, 2.45) is 0 Å². The van der Waals surface area contributed by atoms with Gasteiger partial charge in [0.1, 0.15) is 55.4 Å². The van der Waals surface area contributed by atoms with Gasteiger partial charge in [0.25, 0.3) is 0 Å². The van der Waals surface area contributed by atoms with E-state index in [0.717, 1.165) is 64.2 Å². The number of hydrogen-bond acceptors (Lipinski definition) is 15. The molecule has 15 heteroatoms. The number of ether oxygens (including phenoxy) is 6. The quantitative estimate of drug-likeness (QED) is 0.0173. The van der Waals surface area contributed by atoms with E-state index in [2.05, 4.69) is 62.5 Å². The van der Waals surface area contributed by atoms with Crippen LogP contribution >= 0.6 is 0 Å². The molecule has 0 saturated carbocycles. The van der Waals surface area contributed by atoms with E-state index in [1.54, 1.807) is 0 Å². The third-order valence-corrected chi connectivity index (χ3v) is 12.8. The van der Waals surface area contributed by atoms with Crippen LogP contribution in [0.15, 0.2) is 48.6 Å². The highest BCUT2D eigenvalue weighted by atomic mass is 16.7. The summed E-state index contributed by atoms with van der Waals surface area (Å²) in [4.78, 5) is 25.8. The molecule has 0 aromatic carbocycles. The number of aliphatic hydroxyl groups excluding tert-OH is 7. The van der Waals surface area contributed by atoms with Crippen LogP contribution in [0.3, 0.4) is 0 Å². The van der Waals surface area contributed by atoms with E-state index in [1.165, 1.54) is 89.9 Å². The molecule has 0 bridgehead atoms. The van der Waals surface area contributed by atoms with Crippen molar-refractivity contribution in [3.63, 3.8) is 0 Å². The number of carbonyl (C=O) groups excluding carboxylic acids is 2. The van der Waals surface area contributed by atoms with Gasteiger partial charge in [-0.1, -0.05) is 152 Å². The first-order chi connectivity index (χ1) is 34.0. The number of rotatable bonds is 42. The van der Waals surface area contributed by atoms with Gasteiger partial charge in [-0.3, -0.25) is 9.59 Å². The third kappa shape index (κ3) is 29.2. The number of aliphatic hydroxyl groups is 7. The number of carbonyl (C=O) groups is 2. The standard InChI is InChI=1S/C55H96O15/c1-3-5-7-9-11-13-15-17-19-20-21-22-24-26-28-30-32-34-36-38-47(58)68-43(40-65-46(57)37-35-33-31-29-27-25-23-18-16-14-12-10-8-6-4-2)41-66-54-53(64)51(62)49(60)45(70-54)42-67-55-52(63)50(61)48(59)44(39-56)69-55/h12,14,17-19,23,27,29,43-45,48-56,59-64H,3-11,13,15-16,20-22,24-26,28,30-42H2,1-2H3/b14-12+,19-17+,23-18+,29-27+/t43-,44+,45+,48-,49-,50?,51?,52?,53?,54+,55+/m1/s1. The lowest BCUT2D eigenvalue weighted by Gasteiger charge is -2.42. The molecule has 0 amide bonds. The Hall–Kier alpha value is -2.54. The van der Waals surface area contributed by atoms with E-state index in [9.17, 15) is 45.3 Å². The van der Waals surface area contributed by atoms with E-state index >= 15 is 0 Å². The van der Waals surface area contributed by atoms with Crippen molar-refractivity contribution in [3.8, 4) is 0 Å².